The standard InChI is InChI=1S/C24H26N2O3/c25-23(27)16-29-19-11-12-22-20(14-19)21(13-17-7-3-1-4-8-17)24(28)26(22)15-18-9-5-2-6-10-18/h1,3-4,7-8,11-14,18H,2,5-6,9-10,15-16H2,(H2,25,27)/b21-13+. The number of benzene rings is 2. The molecule has 4 rings (SSSR count). The maximum absolute atomic E-state index is 13.4. The van der Waals surface area contributed by atoms with Crippen LogP contribution in [0.25, 0.3) is 11.6 Å². The van der Waals surface area contributed by atoms with Crippen LogP contribution < -0.4 is 15.4 Å². The highest BCUT2D eigenvalue weighted by atomic mass is 16.5. The first-order chi connectivity index (χ1) is 14.1. The molecule has 2 N–H and O–H groups in total. The van der Waals surface area contributed by atoms with Crippen LogP contribution in [0.15, 0.2) is 48.5 Å². The molecular weight excluding hydrogens is 364 g/mol. The minimum Gasteiger partial charge on any atom is -0.484 e. The summed E-state index contributed by atoms with van der Waals surface area (Å²) in [6.07, 6.45) is 8.06. The summed E-state index contributed by atoms with van der Waals surface area (Å²) in [7, 11) is 0. The molecule has 5 nitrogen and oxygen atoms in total. The lowest BCUT2D eigenvalue weighted by molar-refractivity contribution is -0.120. The van der Waals surface area contributed by atoms with E-state index in [1.165, 1.54) is 32.1 Å². The number of amides is 2. The molecule has 0 spiro atoms. The van der Waals surface area contributed by atoms with Gasteiger partial charge in [-0.25, -0.2) is 0 Å². The van der Waals surface area contributed by atoms with Gasteiger partial charge in [-0.05, 0) is 48.6 Å². The fraction of sp³-hybridized carbons (Fsp3) is 0.333. The highest BCUT2D eigenvalue weighted by Gasteiger charge is 2.34. The minimum atomic E-state index is -0.527. The largest absolute Gasteiger partial charge is 0.484 e. The van der Waals surface area contributed by atoms with Crippen LogP contribution in [0.1, 0.15) is 43.2 Å². The molecule has 5 heteroatoms. The van der Waals surface area contributed by atoms with Crippen LogP contribution in [0, 0.1) is 5.92 Å². The molecule has 2 aliphatic rings. The van der Waals surface area contributed by atoms with Crippen LogP contribution in [-0.2, 0) is 9.59 Å². The minimum absolute atomic E-state index is 0.0291. The summed E-state index contributed by atoms with van der Waals surface area (Å²) in [5.74, 6) is 0.582. The van der Waals surface area contributed by atoms with E-state index < -0.39 is 5.91 Å². The quantitative estimate of drug-likeness (QED) is 0.757. The van der Waals surface area contributed by atoms with E-state index in [0.29, 0.717) is 17.2 Å². The van der Waals surface area contributed by atoms with E-state index in [2.05, 4.69) is 0 Å². The van der Waals surface area contributed by atoms with Gasteiger partial charge in [0.25, 0.3) is 11.8 Å². The summed E-state index contributed by atoms with van der Waals surface area (Å²) in [6.45, 7) is 0.565. The van der Waals surface area contributed by atoms with E-state index in [-0.39, 0.29) is 12.5 Å². The SMILES string of the molecule is NC(=O)COc1ccc2c(c1)/C(=C\c1ccccc1)C(=O)N2CC1CCCCC1. The number of fused-ring (bicyclic) bond motifs is 1. The summed E-state index contributed by atoms with van der Waals surface area (Å²) in [6, 6.07) is 15.4. The summed E-state index contributed by atoms with van der Waals surface area (Å²) >= 11 is 0. The van der Waals surface area contributed by atoms with Crippen molar-refractivity contribution < 1.29 is 14.3 Å². The lowest BCUT2D eigenvalue weighted by Gasteiger charge is -2.27. The van der Waals surface area contributed by atoms with Crippen molar-refractivity contribution in [2.24, 2.45) is 11.7 Å². The van der Waals surface area contributed by atoms with E-state index in [4.69, 9.17) is 10.5 Å². The Bertz CT molecular complexity index is 930. The number of anilines is 1. The Hall–Kier alpha value is -3.08. The van der Waals surface area contributed by atoms with Gasteiger partial charge < -0.3 is 15.4 Å². The van der Waals surface area contributed by atoms with Crippen molar-refractivity contribution >= 4 is 29.2 Å². The second-order valence-electron chi connectivity index (χ2n) is 7.82. The first kappa shape index (κ1) is 19.2. The number of nitrogens with two attached hydrogens (primary N) is 1. The van der Waals surface area contributed by atoms with Crippen LogP contribution in [0.3, 0.4) is 0 Å². The van der Waals surface area contributed by atoms with Crippen molar-refractivity contribution in [1.29, 1.82) is 0 Å². The monoisotopic (exact) mass is 390 g/mol. The molecule has 1 aliphatic carbocycles. The summed E-state index contributed by atoms with van der Waals surface area (Å²) in [5, 5.41) is 0. The van der Waals surface area contributed by atoms with Crippen molar-refractivity contribution in [2.45, 2.75) is 32.1 Å². The summed E-state index contributed by atoms with van der Waals surface area (Å²) in [4.78, 5) is 26.3. The Labute approximate surface area is 171 Å². The molecule has 1 saturated carbocycles. The highest BCUT2D eigenvalue weighted by molar-refractivity contribution is 6.35. The third-order valence-corrected chi connectivity index (χ3v) is 5.68. The first-order valence-electron chi connectivity index (χ1n) is 10.3. The van der Waals surface area contributed by atoms with Crippen LogP contribution in [-0.4, -0.2) is 25.0 Å². The predicted molar refractivity (Wildman–Crippen MR) is 114 cm³/mol. The van der Waals surface area contributed by atoms with E-state index in [9.17, 15) is 9.59 Å². The molecule has 2 aromatic rings. The topological polar surface area (TPSA) is 72.6 Å². The molecule has 150 valence electrons. The molecule has 2 aromatic carbocycles. The van der Waals surface area contributed by atoms with Crippen LogP contribution >= 0.6 is 0 Å². The van der Waals surface area contributed by atoms with Gasteiger partial charge in [-0.15, -0.1) is 0 Å². The Morgan fingerprint density at radius 2 is 1.86 bits per heavy atom. The zero-order valence-corrected chi connectivity index (χ0v) is 16.5. The van der Waals surface area contributed by atoms with Crippen molar-refractivity contribution in [3.05, 3.63) is 59.7 Å². The molecule has 1 fully saturated rings. The van der Waals surface area contributed by atoms with Crippen LogP contribution in [0.2, 0.25) is 0 Å². The van der Waals surface area contributed by atoms with Crippen molar-refractivity contribution in [3.63, 3.8) is 0 Å². The van der Waals surface area contributed by atoms with E-state index >= 15 is 0 Å². The number of carbonyl (C=O) groups excluding carboxylic acids is 2. The molecule has 1 aliphatic heterocycles. The molecule has 0 saturated heterocycles. The zero-order valence-electron chi connectivity index (χ0n) is 16.5. The summed E-state index contributed by atoms with van der Waals surface area (Å²) in [5.41, 5.74) is 8.58. The van der Waals surface area contributed by atoms with Crippen LogP contribution in [0.4, 0.5) is 5.69 Å². The number of hydrogen-bond acceptors (Lipinski definition) is 3. The molecule has 0 unspecified atom stereocenters. The van der Waals surface area contributed by atoms with E-state index in [1.54, 1.807) is 6.07 Å². The Balaban J connectivity index is 1.68. The number of primary amides is 1. The molecule has 1 heterocycles. The zero-order chi connectivity index (χ0) is 20.2. The molecule has 0 atom stereocenters. The highest BCUT2D eigenvalue weighted by Crippen LogP contribution is 2.41. The normalized spacial score (nSPS) is 18.1. The third-order valence-electron chi connectivity index (χ3n) is 5.68. The Kier molecular flexibility index (Phi) is 5.65. The Morgan fingerprint density at radius 1 is 1.10 bits per heavy atom. The van der Waals surface area contributed by atoms with Crippen LogP contribution in [0.5, 0.6) is 5.75 Å². The fourth-order valence-corrected chi connectivity index (χ4v) is 4.25. The second-order valence-corrected chi connectivity index (χ2v) is 7.82. The molecule has 0 bridgehead atoms. The van der Waals surface area contributed by atoms with Gasteiger partial charge in [-0.1, -0.05) is 49.6 Å². The average molecular weight is 390 g/mol. The predicted octanol–water partition coefficient (Wildman–Crippen LogP) is 4.02. The van der Waals surface area contributed by atoms with Crippen molar-refractivity contribution in [2.75, 3.05) is 18.1 Å². The number of ether oxygens (including phenoxy) is 1. The van der Waals surface area contributed by atoms with E-state index in [0.717, 1.165) is 23.4 Å². The molecular formula is C24H26N2O3. The van der Waals surface area contributed by atoms with Gasteiger partial charge in [0.1, 0.15) is 5.75 Å². The van der Waals surface area contributed by atoms with E-state index in [1.807, 2.05) is 53.4 Å². The van der Waals surface area contributed by atoms with Gasteiger partial charge in [0, 0.05) is 17.7 Å². The van der Waals surface area contributed by atoms with Gasteiger partial charge in [0.05, 0.1) is 5.69 Å². The second kappa shape index (κ2) is 8.52. The average Bonchev–Trinajstić information content (AvgIpc) is 2.99. The van der Waals surface area contributed by atoms with Gasteiger partial charge in [-0.2, -0.15) is 0 Å². The molecule has 0 radical (unpaired) electrons. The first-order valence-corrected chi connectivity index (χ1v) is 10.3. The molecule has 0 aromatic heterocycles. The van der Waals surface area contributed by atoms with Gasteiger partial charge in [0.15, 0.2) is 6.61 Å². The molecule has 29 heavy (non-hydrogen) atoms. The maximum Gasteiger partial charge on any atom is 0.259 e. The lowest BCUT2D eigenvalue weighted by Crippen LogP contribution is -2.32. The summed E-state index contributed by atoms with van der Waals surface area (Å²) < 4.78 is 5.48. The third kappa shape index (κ3) is 4.34. The maximum atomic E-state index is 13.4. The molecule has 2 amide bonds. The van der Waals surface area contributed by atoms with Crippen molar-refractivity contribution in [1.82, 2.24) is 0 Å². The number of rotatable bonds is 6. The van der Waals surface area contributed by atoms with Gasteiger partial charge in [0.2, 0.25) is 0 Å². The van der Waals surface area contributed by atoms with Gasteiger partial charge in [-0.3, -0.25) is 9.59 Å². The number of carbonyl (C=O) groups is 2. The smallest absolute Gasteiger partial charge is 0.259 e. The van der Waals surface area contributed by atoms with Crippen molar-refractivity contribution in [3.8, 4) is 5.75 Å². The Morgan fingerprint density at radius 3 is 2.59 bits per heavy atom. The fourth-order valence-electron chi connectivity index (χ4n) is 4.25. The van der Waals surface area contributed by atoms with Gasteiger partial charge >= 0.3 is 0 Å². The number of nitrogens with zero attached hydrogens (tertiary/aromatic N) is 1. The number of hydrogen-bond donors (Lipinski definition) is 1. The lowest BCUT2D eigenvalue weighted by atomic mass is 9.89.